The number of hydrogen-bond donors (Lipinski definition) is 3. The van der Waals surface area contributed by atoms with Crippen molar-refractivity contribution in [2.24, 2.45) is 0 Å². The van der Waals surface area contributed by atoms with Gasteiger partial charge in [-0.15, -0.1) is 0 Å². The van der Waals surface area contributed by atoms with Gasteiger partial charge in [0.05, 0.1) is 18.9 Å². The molecule has 3 aromatic rings. The van der Waals surface area contributed by atoms with Crippen molar-refractivity contribution in [2.45, 2.75) is 25.4 Å². The van der Waals surface area contributed by atoms with Crippen LogP contribution in [0.25, 0.3) is 10.3 Å². The number of rotatable bonds is 8. The van der Waals surface area contributed by atoms with Crippen LogP contribution in [0.1, 0.15) is 18.5 Å². The highest BCUT2D eigenvalue weighted by Gasteiger charge is 2.26. The van der Waals surface area contributed by atoms with Crippen LogP contribution in [-0.2, 0) is 16.1 Å². The first-order valence-electron chi connectivity index (χ1n) is 11.5. The van der Waals surface area contributed by atoms with Gasteiger partial charge >= 0.3 is 0 Å². The molecule has 0 aliphatic carbocycles. The van der Waals surface area contributed by atoms with Crippen LogP contribution in [-0.4, -0.2) is 86.8 Å². The Morgan fingerprint density at radius 2 is 2.12 bits per heavy atom. The Hall–Kier alpha value is -2.54. The van der Waals surface area contributed by atoms with Crippen molar-refractivity contribution in [3.05, 3.63) is 30.1 Å². The van der Waals surface area contributed by atoms with Crippen LogP contribution in [0.3, 0.4) is 0 Å². The van der Waals surface area contributed by atoms with Gasteiger partial charge in [0.15, 0.2) is 5.13 Å². The minimum Gasteiger partial charge on any atom is -0.379 e. The Morgan fingerprint density at radius 1 is 1.24 bits per heavy atom. The number of ether oxygens (including phenoxy) is 1. The predicted molar refractivity (Wildman–Crippen MR) is 136 cm³/mol. The molecule has 5 heterocycles. The molecule has 2 aliphatic rings. The fourth-order valence-corrected chi connectivity index (χ4v) is 5.18. The van der Waals surface area contributed by atoms with Crippen molar-refractivity contribution < 1.29 is 9.53 Å². The molecule has 0 bridgehead atoms. The summed E-state index contributed by atoms with van der Waals surface area (Å²) in [6, 6.07) is 5.91. The van der Waals surface area contributed by atoms with Gasteiger partial charge in [-0.25, -0.2) is 15.0 Å². The molecule has 5 rings (SSSR count). The number of nitrogens with one attached hydrogen (secondary N) is 2. The van der Waals surface area contributed by atoms with Crippen LogP contribution in [0.2, 0.25) is 0 Å². The molecule has 0 unspecified atom stereocenters. The number of aromatic nitrogens is 4. The number of hydrogen-bond acceptors (Lipinski definition) is 11. The summed E-state index contributed by atoms with van der Waals surface area (Å²) in [4.78, 5) is 35.8. The number of thiazole rings is 1. The van der Waals surface area contributed by atoms with Crippen molar-refractivity contribution in [3.8, 4) is 0 Å². The Kier molecular flexibility index (Phi) is 7.38. The maximum atomic E-state index is 12.2. The average molecular weight is 501 g/mol. The number of pyridine rings is 1. The fourth-order valence-electron chi connectivity index (χ4n) is 4.17. The number of carbonyl (C=O) groups is 1. The zero-order valence-corrected chi connectivity index (χ0v) is 20.5. The summed E-state index contributed by atoms with van der Waals surface area (Å²) in [5, 5.41) is 7.53. The lowest BCUT2D eigenvalue weighted by molar-refractivity contribution is -0.129. The molecule has 180 valence electrons. The topological polar surface area (TPSA) is 108 Å². The summed E-state index contributed by atoms with van der Waals surface area (Å²) in [6.45, 7) is 5.33. The van der Waals surface area contributed by atoms with Crippen molar-refractivity contribution in [2.75, 3.05) is 55.8 Å². The van der Waals surface area contributed by atoms with E-state index in [4.69, 9.17) is 14.7 Å². The highest BCUT2D eigenvalue weighted by atomic mass is 32.1. The van der Waals surface area contributed by atoms with Gasteiger partial charge in [0.1, 0.15) is 16.2 Å². The number of thiol groups is 1. The minimum absolute atomic E-state index is 0.113. The lowest BCUT2D eigenvalue weighted by Gasteiger charge is -2.26. The lowest BCUT2D eigenvalue weighted by Crippen LogP contribution is -2.36. The molecule has 1 amide bonds. The Balaban J connectivity index is 1.34. The standard InChI is InChI=1S/C22H28N8O2S2/c31-19(4-11-33)30-6-3-15(14-30)24-21-25-16(13-29-7-9-32-10-8-29)12-18(27-21)28-22-26-17-2-1-5-23-20(17)34-22/h1-2,5,12,15,33H,3-4,6-11,13-14H2,(H2,24,25,26,27,28)/t15-/m0/s1. The predicted octanol–water partition coefficient (Wildman–Crippen LogP) is 2.39. The van der Waals surface area contributed by atoms with E-state index in [9.17, 15) is 4.79 Å². The van der Waals surface area contributed by atoms with E-state index < -0.39 is 0 Å². The molecular weight excluding hydrogens is 472 g/mol. The number of fused-ring (bicyclic) bond motifs is 1. The summed E-state index contributed by atoms with van der Waals surface area (Å²) < 4.78 is 5.48. The Bertz CT molecular complexity index is 1100. The van der Waals surface area contributed by atoms with Gasteiger partial charge in [0, 0.05) is 57.4 Å². The Labute approximate surface area is 207 Å². The molecule has 1 atom stereocenters. The number of morpholine rings is 1. The third-order valence-electron chi connectivity index (χ3n) is 5.87. The van der Waals surface area contributed by atoms with E-state index in [1.807, 2.05) is 23.1 Å². The maximum absolute atomic E-state index is 12.2. The van der Waals surface area contributed by atoms with Gasteiger partial charge in [-0.1, -0.05) is 11.3 Å². The summed E-state index contributed by atoms with van der Waals surface area (Å²) in [5.41, 5.74) is 1.77. The molecule has 10 nitrogen and oxygen atoms in total. The Morgan fingerprint density at radius 3 is 2.94 bits per heavy atom. The maximum Gasteiger partial charge on any atom is 0.225 e. The number of likely N-dealkylation sites (tertiary alicyclic amines) is 1. The smallest absolute Gasteiger partial charge is 0.225 e. The molecule has 0 spiro atoms. The van der Waals surface area contributed by atoms with E-state index in [1.54, 1.807) is 6.20 Å². The van der Waals surface area contributed by atoms with Gasteiger partial charge in [0.2, 0.25) is 11.9 Å². The van der Waals surface area contributed by atoms with Crippen molar-refractivity contribution >= 4 is 57.1 Å². The lowest BCUT2D eigenvalue weighted by atomic mass is 10.2. The van der Waals surface area contributed by atoms with Crippen LogP contribution in [0.5, 0.6) is 0 Å². The molecule has 2 N–H and O–H groups in total. The number of amides is 1. The number of carbonyl (C=O) groups excluding carboxylic acids is 1. The largest absolute Gasteiger partial charge is 0.379 e. The van der Waals surface area contributed by atoms with Gasteiger partial charge in [-0.2, -0.15) is 17.6 Å². The van der Waals surface area contributed by atoms with Crippen molar-refractivity contribution in [3.63, 3.8) is 0 Å². The molecule has 0 aromatic carbocycles. The fraction of sp³-hybridized carbons (Fsp3) is 0.500. The monoisotopic (exact) mass is 500 g/mol. The molecule has 2 aliphatic heterocycles. The quantitative estimate of drug-likeness (QED) is 0.402. The summed E-state index contributed by atoms with van der Waals surface area (Å²) in [6.07, 6.45) is 3.09. The van der Waals surface area contributed by atoms with E-state index >= 15 is 0 Å². The summed E-state index contributed by atoms with van der Waals surface area (Å²) in [7, 11) is 0. The van der Waals surface area contributed by atoms with Gasteiger partial charge in [-0.3, -0.25) is 9.69 Å². The first-order valence-corrected chi connectivity index (χ1v) is 12.9. The molecular formula is C22H28N8O2S2. The SMILES string of the molecule is O=C(CCS)N1CC[C@H](Nc2nc(CN3CCOCC3)cc(Nc3nc4cccnc4s3)n2)C1. The van der Waals surface area contributed by atoms with E-state index in [0.717, 1.165) is 60.4 Å². The zero-order chi connectivity index (χ0) is 23.3. The van der Waals surface area contributed by atoms with Crippen LogP contribution >= 0.6 is 24.0 Å². The molecule has 34 heavy (non-hydrogen) atoms. The molecule has 2 fully saturated rings. The number of nitrogens with zero attached hydrogens (tertiary/aromatic N) is 6. The van der Waals surface area contributed by atoms with Gasteiger partial charge in [-0.05, 0) is 24.3 Å². The average Bonchev–Trinajstić information content (AvgIpc) is 3.46. The first kappa shape index (κ1) is 23.2. The van der Waals surface area contributed by atoms with Crippen molar-refractivity contribution in [1.82, 2.24) is 29.7 Å². The van der Waals surface area contributed by atoms with Crippen molar-refractivity contribution in [1.29, 1.82) is 0 Å². The molecule has 0 radical (unpaired) electrons. The van der Waals surface area contributed by atoms with Crippen LogP contribution < -0.4 is 10.6 Å². The van der Waals surface area contributed by atoms with E-state index in [0.29, 0.717) is 37.0 Å². The first-order chi connectivity index (χ1) is 16.7. The van der Waals surface area contributed by atoms with E-state index in [-0.39, 0.29) is 11.9 Å². The second-order valence-corrected chi connectivity index (χ2v) is 9.80. The zero-order valence-electron chi connectivity index (χ0n) is 18.8. The summed E-state index contributed by atoms with van der Waals surface area (Å²) >= 11 is 5.67. The van der Waals surface area contributed by atoms with Crippen LogP contribution in [0.4, 0.5) is 16.9 Å². The van der Waals surface area contributed by atoms with Gasteiger partial charge in [0.25, 0.3) is 0 Å². The normalized spacial score (nSPS) is 19.0. The minimum atomic E-state index is 0.113. The van der Waals surface area contributed by atoms with Gasteiger partial charge < -0.3 is 20.3 Å². The molecule has 12 heteroatoms. The summed E-state index contributed by atoms with van der Waals surface area (Å²) in [5.74, 6) is 1.95. The second kappa shape index (κ2) is 10.8. The molecule has 2 saturated heterocycles. The third kappa shape index (κ3) is 5.74. The molecule has 3 aromatic heterocycles. The van der Waals surface area contributed by atoms with Crippen LogP contribution in [0.15, 0.2) is 24.4 Å². The van der Waals surface area contributed by atoms with Crippen LogP contribution in [0, 0.1) is 0 Å². The molecule has 0 saturated carbocycles. The van der Waals surface area contributed by atoms with E-state index in [2.05, 4.69) is 38.1 Å². The highest BCUT2D eigenvalue weighted by Crippen LogP contribution is 2.27. The van der Waals surface area contributed by atoms with E-state index in [1.165, 1.54) is 11.3 Å². The third-order valence-corrected chi connectivity index (χ3v) is 6.99. The second-order valence-electron chi connectivity index (χ2n) is 8.37. The highest BCUT2D eigenvalue weighted by molar-refractivity contribution is 7.80. The number of anilines is 3.